The van der Waals surface area contributed by atoms with Gasteiger partial charge in [-0.15, -0.1) is 0 Å². The molecule has 0 saturated heterocycles. The Kier molecular flexibility index (Phi) is 6.04. The third-order valence-corrected chi connectivity index (χ3v) is 3.65. The smallest absolute Gasteiger partial charge is 0.241 e. The Bertz CT molecular complexity index is 614. The Morgan fingerprint density at radius 2 is 1.82 bits per heavy atom. The van der Waals surface area contributed by atoms with Crippen molar-refractivity contribution < 1.29 is 4.79 Å². The standard InChI is InChI=1S/C16H17Cl2N3O/c1-21(7-4-12-2-5-19-6-3-12)16(22)11-20-15-9-13(17)8-14(18)10-15/h2-3,5-6,8-10,20H,4,7,11H2,1H3. The van der Waals surface area contributed by atoms with Gasteiger partial charge < -0.3 is 10.2 Å². The maximum Gasteiger partial charge on any atom is 0.241 e. The van der Waals surface area contributed by atoms with E-state index >= 15 is 0 Å². The average Bonchev–Trinajstić information content (AvgIpc) is 2.50. The molecule has 1 aromatic heterocycles. The van der Waals surface area contributed by atoms with Crippen molar-refractivity contribution in [1.82, 2.24) is 9.88 Å². The zero-order valence-corrected chi connectivity index (χ0v) is 13.7. The van der Waals surface area contributed by atoms with Crippen LogP contribution < -0.4 is 5.32 Å². The van der Waals surface area contributed by atoms with Crippen LogP contribution >= 0.6 is 23.2 Å². The zero-order chi connectivity index (χ0) is 15.9. The first-order valence-corrected chi connectivity index (χ1v) is 7.63. The summed E-state index contributed by atoms with van der Waals surface area (Å²) in [5.74, 6) is 0.00477. The average molecular weight is 338 g/mol. The molecule has 22 heavy (non-hydrogen) atoms. The Morgan fingerprint density at radius 1 is 1.18 bits per heavy atom. The highest BCUT2D eigenvalue weighted by Gasteiger charge is 2.09. The third-order valence-electron chi connectivity index (χ3n) is 3.22. The summed E-state index contributed by atoms with van der Waals surface area (Å²) in [5.41, 5.74) is 1.89. The third kappa shape index (κ3) is 5.20. The van der Waals surface area contributed by atoms with Crippen molar-refractivity contribution in [2.24, 2.45) is 0 Å². The van der Waals surface area contributed by atoms with Crippen LogP contribution in [-0.2, 0) is 11.2 Å². The lowest BCUT2D eigenvalue weighted by Gasteiger charge is -2.18. The second-order valence-corrected chi connectivity index (χ2v) is 5.81. The van der Waals surface area contributed by atoms with Crippen LogP contribution in [0.5, 0.6) is 0 Å². The molecule has 0 spiro atoms. The molecule has 1 heterocycles. The van der Waals surface area contributed by atoms with Gasteiger partial charge in [-0.3, -0.25) is 9.78 Å². The van der Waals surface area contributed by atoms with Gasteiger partial charge in [0.25, 0.3) is 0 Å². The summed E-state index contributed by atoms with van der Waals surface area (Å²) in [5, 5.41) is 4.11. The molecule has 6 heteroatoms. The molecule has 0 atom stereocenters. The first kappa shape index (κ1) is 16.6. The number of carbonyl (C=O) groups is 1. The summed E-state index contributed by atoms with van der Waals surface area (Å²) in [7, 11) is 1.79. The van der Waals surface area contributed by atoms with Crippen molar-refractivity contribution in [3.8, 4) is 0 Å². The number of likely N-dealkylation sites (N-methyl/N-ethyl adjacent to an activating group) is 1. The van der Waals surface area contributed by atoms with Gasteiger partial charge in [-0.2, -0.15) is 0 Å². The second-order valence-electron chi connectivity index (χ2n) is 4.93. The number of carbonyl (C=O) groups excluding carboxylic acids is 1. The fraction of sp³-hybridized carbons (Fsp3) is 0.250. The second kappa shape index (κ2) is 8.01. The van der Waals surface area contributed by atoms with E-state index in [1.807, 2.05) is 12.1 Å². The molecule has 1 amide bonds. The van der Waals surface area contributed by atoms with Gasteiger partial charge in [0.05, 0.1) is 6.54 Å². The molecule has 0 saturated carbocycles. The summed E-state index contributed by atoms with van der Waals surface area (Å²) < 4.78 is 0. The van der Waals surface area contributed by atoms with E-state index in [2.05, 4.69) is 10.3 Å². The summed E-state index contributed by atoms with van der Waals surface area (Å²) in [6.45, 7) is 0.852. The Morgan fingerprint density at radius 3 is 2.45 bits per heavy atom. The lowest BCUT2D eigenvalue weighted by atomic mass is 10.2. The van der Waals surface area contributed by atoms with Crippen LogP contribution in [0, 0.1) is 0 Å². The molecule has 116 valence electrons. The summed E-state index contributed by atoms with van der Waals surface area (Å²) >= 11 is 11.8. The first-order chi connectivity index (χ1) is 10.5. The number of rotatable bonds is 6. The van der Waals surface area contributed by atoms with Crippen molar-refractivity contribution >= 4 is 34.8 Å². The number of nitrogens with one attached hydrogen (secondary N) is 1. The van der Waals surface area contributed by atoms with Gasteiger partial charge in [0.15, 0.2) is 0 Å². The van der Waals surface area contributed by atoms with Gasteiger partial charge in [0.2, 0.25) is 5.91 Å². The van der Waals surface area contributed by atoms with E-state index in [0.29, 0.717) is 16.6 Å². The quantitative estimate of drug-likeness (QED) is 0.877. The molecule has 2 aromatic rings. The van der Waals surface area contributed by atoms with Crippen molar-refractivity contribution in [3.63, 3.8) is 0 Å². The summed E-state index contributed by atoms with van der Waals surface area (Å²) in [6, 6.07) is 9.02. The zero-order valence-electron chi connectivity index (χ0n) is 12.2. The largest absolute Gasteiger partial charge is 0.376 e. The molecule has 2 rings (SSSR count). The number of amides is 1. The summed E-state index contributed by atoms with van der Waals surface area (Å²) in [6.07, 6.45) is 4.30. The van der Waals surface area contributed by atoms with E-state index in [1.165, 1.54) is 0 Å². The molecule has 1 aromatic carbocycles. The number of halogens is 2. The monoisotopic (exact) mass is 337 g/mol. The number of benzene rings is 1. The van der Waals surface area contributed by atoms with Gasteiger partial charge in [-0.05, 0) is 42.3 Å². The van der Waals surface area contributed by atoms with Crippen LogP contribution in [0.2, 0.25) is 10.0 Å². The SMILES string of the molecule is CN(CCc1ccncc1)C(=O)CNc1cc(Cl)cc(Cl)c1. The number of hydrogen-bond donors (Lipinski definition) is 1. The number of anilines is 1. The van der Waals surface area contributed by atoms with Crippen LogP contribution in [0.25, 0.3) is 0 Å². The van der Waals surface area contributed by atoms with Crippen LogP contribution in [-0.4, -0.2) is 35.9 Å². The van der Waals surface area contributed by atoms with Crippen molar-refractivity contribution in [2.75, 3.05) is 25.5 Å². The lowest BCUT2D eigenvalue weighted by Crippen LogP contribution is -2.33. The molecule has 0 fully saturated rings. The molecule has 0 aliphatic heterocycles. The van der Waals surface area contributed by atoms with E-state index in [4.69, 9.17) is 23.2 Å². The number of nitrogens with zero attached hydrogens (tertiary/aromatic N) is 2. The number of aromatic nitrogens is 1. The molecule has 0 aliphatic rings. The Hall–Kier alpha value is -1.78. The van der Waals surface area contributed by atoms with E-state index in [9.17, 15) is 4.79 Å². The van der Waals surface area contributed by atoms with E-state index in [0.717, 1.165) is 17.7 Å². The first-order valence-electron chi connectivity index (χ1n) is 6.87. The topological polar surface area (TPSA) is 45.2 Å². The molecule has 4 nitrogen and oxygen atoms in total. The molecule has 0 bridgehead atoms. The van der Waals surface area contributed by atoms with Crippen molar-refractivity contribution in [2.45, 2.75) is 6.42 Å². The van der Waals surface area contributed by atoms with Crippen LogP contribution in [0.1, 0.15) is 5.56 Å². The minimum atomic E-state index is 0.00477. The molecule has 0 unspecified atom stereocenters. The highest BCUT2D eigenvalue weighted by molar-refractivity contribution is 6.35. The van der Waals surface area contributed by atoms with Crippen molar-refractivity contribution in [3.05, 3.63) is 58.3 Å². The Labute approximate surface area is 140 Å². The fourth-order valence-electron chi connectivity index (χ4n) is 1.94. The van der Waals surface area contributed by atoms with Crippen LogP contribution in [0.15, 0.2) is 42.7 Å². The van der Waals surface area contributed by atoms with Crippen molar-refractivity contribution in [1.29, 1.82) is 0 Å². The van der Waals surface area contributed by atoms with E-state index in [-0.39, 0.29) is 12.5 Å². The lowest BCUT2D eigenvalue weighted by molar-refractivity contribution is -0.127. The maximum atomic E-state index is 12.1. The molecular weight excluding hydrogens is 321 g/mol. The fourth-order valence-corrected chi connectivity index (χ4v) is 2.47. The predicted molar refractivity (Wildman–Crippen MR) is 90.5 cm³/mol. The van der Waals surface area contributed by atoms with Gasteiger partial charge in [-0.1, -0.05) is 23.2 Å². The van der Waals surface area contributed by atoms with Gasteiger partial charge in [0, 0.05) is 41.7 Å². The van der Waals surface area contributed by atoms with Gasteiger partial charge in [-0.25, -0.2) is 0 Å². The van der Waals surface area contributed by atoms with Crippen LogP contribution in [0.4, 0.5) is 5.69 Å². The van der Waals surface area contributed by atoms with Gasteiger partial charge in [0.1, 0.15) is 0 Å². The highest BCUT2D eigenvalue weighted by atomic mass is 35.5. The minimum absolute atomic E-state index is 0.00477. The minimum Gasteiger partial charge on any atom is -0.376 e. The molecule has 0 radical (unpaired) electrons. The predicted octanol–water partition coefficient (Wildman–Crippen LogP) is 3.50. The molecular formula is C16H17Cl2N3O. The number of pyridine rings is 1. The summed E-state index contributed by atoms with van der Waals surface area (Å²) in [4.78, 5) is 17.8. The van der Waals surface area contributed by atoms with E-state index < -0.39 is 0 Å². The van der Waals surface area contributed by atoms with E-state index in [1.54, 1.807) is 42.5 Å². The molecule has 0 aliphatic carbocycles. The van der Waals surface area contributed by atoms with Gasteiger partial charge >= 0.3 is 0 Å². The van der Waals surface area contributed by atoms with Crippen LogP contribution in [0.3, 0.4) is 0 Å². The molecule has 1 N–H and O–H groups in total. The number of hydrogen-bond acceptors (Lipinski definition) is 3. The Balaban J connectivity index is 1.81. The maximum absolute atomic E-state index is 12.1. The highest BCUT2D eigenvalue weighted by Crippen LogP contribution is 2.22. The normalized spacial score (nSPS) is 10.3.